The van der Waals surface area contributed by atoms with Crippen LogP contribution in [-0.2, 0) is 25.6 Å². The second kappa shape index (κ2) is 13.3. The number of carbonyl (C=O) groups excluding carboxylic acids is 3. The van der Waals surface area contributed by atoms with Crippen LogP contribution < -0.4 is 27.4 Å². The van der Waals surface area contributed by atoms with E-state index in [4.69, 9.17) is 11.5 Å². The predicted molar refractivity (Wildman–Crippen MR) is 149 cm³/mol. The average molecular weight is 555 g/mol. The van der Waals surface area contributed by atoms with Crippen molar-refractivity contribution < 1.29 is 24.3 Å². The first-order chi connectivity index (χ1) is 19.2. The lowest BCUT2D eigenvalue weighted by Gasteiger charge is -2.30. The third-order valence-electron chi connectivity index (χ3n) is 7.49. The average Bonchev–Trinajstić information content (AvgIpc) is 3.70. The second-order valence-electron chi connectivity index (χ2n) is 10.3. The number of benzene rings is 1. The van der Waals surface area contributed by atoms with Crippen LogP contribution in [0.25, 0.3) is 10.9 Å². The van der Waals surface area contributed by atoms with E-state index in [9.17, 15) is 24.3 Å². The van der Waals surface area contributed by atoms with Gasteiger partial charge in [0.2, 0.25) is 17.7 Å². The van der Waals surface area contributed by atoms with Crippen molar-refractivity contribution in [3.63, 3.8) is 0 Å². The fraction of sp³-hybridized carbons (Fsp3) is 0.519. The number of fused-ring (bicyclic) bond motifs is 1. The molecule has 2 saturated heterocycles. The Kier molecular flexibility index (Phi) is 9.59. The minimum Gasteiger partial charge on any atom is -0.480 e. The van der Waals surface area contributed by atoms with Crippen molar-refractivity contribution in [2.45, 2.75) is 69.1 Å². The number of rotatable bonds is 12. The second-order valence-corrected chi connectivity index (χ2v) is 10.3. The Morgan fingerprint density at radius 3 is 2.58 bits per heavy atom. The van der Waals surface area contributed by atoms with Crippen LogP contribution in [-0.4, -0.2) is 88.4 Å². The highest BCUT2D eigenvalue weighted by Crippen LogP contribution is 2.23. The molecular formula is C27H38N8O5. The van der Waals surface area contributed by atoms with E-state index >= 15 is 0 Å². The number of hydrogen-bond acceptors (Lipinski definition) is 6. The van der Waals surface area contributed by atoms with Crippen LogP contribution in [0.5, 0.6) is 0 Å². The number of carboxylic acid groups (broad SMARTS) is 1. The van der Waals surface area contributed by atoms with E-state index in [1.54, 1.807) is 0 Å². The van der Waals surface area contributed by atoms with Crippen molar-refractivity contribution in [1.82, 2.24) is 25.8 Å². The summed E-state index contributed by atoms with van der Waals surface area (Å²) in [6, 6.07) is 4.48. The van der Waals surface area contributed by atoms with E-state index in [1.807, 2.05) is 30.5 Å². The number of aliphatic carboxylic acids is 1. The molecule has 13 heteroatoms. The molecule has 0 saturated carbocycles. The van der Waals surface area contributed by atoms with Gasteiger partial charge >= 0.3 is 5.97 Å². The molecule has 2 aliphatic rings. The predicted octanol–water partition coefficient (Wildman–Crippen LogP) is -0.439. The molecule has 4 atom stereocenters. The quantitative estimate of drug-likeness (QED) is 0.104. The number of H-pyrrole nitrogens is 1. The van der Waals surface area contributed by atoms with Gasteiger partial charge in [-0.05, 0) is 56.7 Å². The topological polar surface area (TPSA) is 208 Å². The zero-order valence-corrected chi connectivity index (χ0v) is 22.4. The number of guanidine groups is 1. The van der Waals surface area contributed by atoms with Crippen LogP contribution in [0.2, 0.25) is 0 Å². The lowest BCUT2D eigenvalue weighted by Crippen LogP contribution is -2.57. The van der Waals surface area contributed by atoms with Crippen LogP contribution in [0.15, 0.2) is 35.5 Å². The van der Waals surface area contributed by atoms with Gasteiger partial charge in [-0.15, -0.1) is 0 Å². The van der Waals surface area contributed by atoms with Gasteiger partial charge in [-0.25, -0.2) is 4.79 Å². The molecule has 13 nitrogen and oxygen atoms in total. The van der Waals surface area contributed by atoms with Gasteiger partial charge in [0.05, 0.1) is 6.04 Å². The van der Waals surface area contributed by atoms with Crippen molar-refractivity contribution in [1.29, 1.82) is 0 Å². The number of aromatic amines is 1. The number of para-hydroxylation sites is 1. The Balaban J connectivity index is 1.48. The number of carbonyl (C=O) groups is 4. The fourth-order valence-corrected chi connectivity index (χ4v) is 5.43. The van der Waals surface area contributed by atoms with E-state index in [1.165, 1.54) is 4.90 Å². The third kappa shape index (κ3) is 7.08. The maximum absolute atomic E-state index is 13.9. The Hall–Kier alpha value is -4.13. The molecule has 0 spiro atoms. The molecule has 0 aliphatic carbocycles. The molecule has 0 bridgehead atoms. The molecule has 4 rings (SSSR count). The molecule has 9 N–H and O–H groups in total. The summed E-state index contributed by atoms with van der Waals surface area (Å²) < 4.78 is 0. The fourth-order valence-electron chi connectivity index (χ4n) is 5.43. The van der Waals surface area contributed by atoms with Crippen LogP contribution in [0.4, 0.5) is 0 Å². The first-order valence-electron chi connectivity index (χ1n) is 13.7. The van der Waals surface area contributed by atoms with Crippen molar-refractivity contribution in [2.75, 3.05) is 19.6 Å². The highest BCUT2D eigenvalue weighted by molar-refractivity contribution is 5.95. The van der Waals surface area contributed by atoms with Gasteiger partial charge in [0, 0.05) is 36.6 Å². The van der Waals surface area contributed by atoms with E-state index in [0.717, 1.165) is 29.4 Å². The molecule has 3 amide bonds. The number of nitrogens with two attached hydrogens (primary N) is 2. The summed E-state index contributed by atoms with van der Waals surface area (Å²) in [6.45, 7) is 1.31. The zero-order valence-electron chi connectivity index (χ0n) is 22.4. The van der Waals surface area contributed by atoms with E-state index in [-0.39, 0.29) is 43.2 Å². The Morgan fingerprint density at radius 1 is 1.07 bits per heavy atom. The summed E-state index contributed by atoms with van der Waals surface area (Å²) in [6.07, 6.45) is 5.12. The molecule has 2 fully saturated rings. The van der Waals surface area contributed by atoms with Crippen LogP contribution in [0.1, 0.15) is 44.1 Å². The van der Waals surface area contributed by atoms with Gasteiger partial charge in [-0.3, -0.25) is 19.4 Å². The molecular weight excluding hydrogens is 516 g/mol. The Morgan fingerprint density at radius 2 is 1.85 bits per heavy atom. The summed E-state index contributed by atoms with van der Waals surface area (Å²) in [7, 11) is 0. The van der Waals surface area contributed by atoms with Crippen molar-refractivity contribution in [3.05, 3.63) is 36.0 Å². The number of amides is 3. The number of hydrogen-bond donors (Lipinski definition) is 7. The highest BCUT2D eigenvalue weighted by Gasteiger charge is 2.39. The molecule has 0 radical (unpaired) electrons. The number of nitrogens with one attached hydrogen (secondary N) is 4. The number of aliphatic imine (C=N–C) groups is 1. The van der Waals surface area contributed by atoms with Gasteiger partial charge in [0.15, 0.2) is 5.96 Å². The summed E-state index contributed by atoms with van der Waals surface area (Å²) in [5.74, 6) is -2.41. The molecule has 3 heterocycles. The van der Waals surface area contributed by atoms with E-state index < -0.39 is 30.0 Å². The third-order valence-corrected chi connectivity index (χ3v) is 7.49. The van der Waals surface area contributed by atoms with Gasteiger partial charge in [-0.2, -0.15) is 0 Å². The molecule has 4 unspecified atom stereocenters. The van der Waals surface area contributed by atoms with Crippen LogP contribution in [0.3, 0.4) is 0 Å². The maximum Gasteiger partial charge on any atom is 0.326 e. The van der Waals surface area contributed by atoms with E-state index in [0.29, 0.717) is 32.2 Å². The molecule has 2 aromatic rings. The minimum atomic E-state index is -1.18. The van der Waals surface area contributed by atoms with Gasteiger partial charge in [-0.1, -0.05) is 18.2 Å². The van der Waals surface area contributed by atoms with Crippen LogP contribution >= 0.6 is 0 Å². The van der Waals surface area contributed by atoms with Gasteiger partial charge in [0.1, 0.15) is 18.1 Å². The van der Waals surface area contributed by atoms with Crippen molar-refractivity contribution in [3.8, 4) is 0 Å². The first kappa shape index (κ1) is 28.9. The number of carboxylic acids is 1. The standard InChI is InChI=1S/C27H38N8O5/c28-27(29)31-12-4-9-20(26(39)40)33-24(37)22-10-5-13-35(22)25(38)21(34-23(36)19-8-3-11-30-19)14-16-15-32-18-7-2-1-6-17(16)18/h1-2,6-7,15,19-22,30,32H,3-5,8-14H2,(H,33,37)(H,34,36)(H,39,40)(H4,28,29,31). The SMILES string of the molecule is NC(N)=NCCCC(NC(=O)C1CCCN1C(=O)C(Cc1c[nH]c2ccccc12)NC(=O)C1CCCN1)C(=O)O. The largest absolute Gasteiger partial charge is 0.480 e. The monoisotopic (exact) mass is 554 g/mol. The molecule has 1 aromatic carbocycles. The molecule has 2 aliphatic heterocycles. The smallest absolute Gasteiger partial charge is 0.326 e. The lowest BCUT2D eigenvalue weighted by molar-refractivity contribution is -0.145. The van der Waals surface area contributed by atoms with Crippen molar-refractivity contribution in [2.24, 2.45) is 16.5 Å². The molecule has 1 aromatic heterocycles. The zero-order chi connectivity index (χ0) is 28.6. The Bertz CT molecular complexity index is 1250. The summed E-state index contributed by atoms with van der Waals surface area (Å²) in [5, 5.41) is 19.3. The lowest BCUT2D eigenvalue weighted by atomic mass is 10.0. The van der Waals surface area contributed by atoms with Gasteiger partial charge < -0.3 is 42.4 Å². The first-order valence-corrected chi connectivity index (χ1v) is 13.7. The van der Waals surface area contributed by atoms with Gasteiger partial charge in [0.25, 0.3) is 0 Å². The highest BCUT2D eigenvalue weighted by atomic mass is 16.4. The minimum absolute atomic E-state index is 0.0889. The summed E-state index contributed by atoms with van der Waals surface area (Å²) in [5.41, 5.74) is 12.4. The van der Waals surface area contributed by atoms with Crippen LogP contribution in [0, 0.1) is 0 Å². The van der Waals surface area contributed by atoms with Crippen molar-refractivity contribution >= 4 is 40.6 Å². The molecule has 216 valence electrons. The molecule has 40 heavy (non-hydrogen) atoms. The number of likely N-dealkylation sites (tertiary alicyclic amines) is 1. The van der Waals surface area contributed by atoms with E-state index in [2.05, 4.69) is 25.9 Å². The number of aromatic nitrogens is 1. The summed E-state index contributed by atoms with van der Waals surface area (Å²) >= 11 is 0. The maximum atomic E-state index is 13.9. The Labute approximate surface area is 232 Å². The summed E-state index contributed by atoms with van der Waals surface area (Å²) in [4.78, 5) is 60.5. The normalized spacial score (nSPS) is 20.1. The number of nitrogens with zero attached hydrogens (tertiary/aromatic N) is 2.